The summed E-state index contributed by atoms with van der Waals surface area (Å²) in [5.41, 5.74) is 5.92. The number of benzene rings is 2. The zero-order valence-electron chi connectivity index (χ0n) is 19.1. The molecule has 168 valence electrons. The largest absolute Gasteiger partial charge is 0.312 e. The molecule has 0 bridgehead atoms. The van der Waals surface area contributed by atoms with Gasteiger partial charge in [0.05, 0.1) is 6.04 Å². The third kappa shape index (κ3) is 2.77. The zero-order chi connectivity index (χ0) is 23.6. The fourth-order valence-corrected chi connectivity index (χ4v) is 6.20. The van der Waals surface area contributed by atoms with E-state index in [1.54, 1.807) is 6.07 Å². The molecule has 0 fully saturated rings. The van der Waals surface area contributed by atoms with Crippen molar-refractivity contribution in [2.45, 2.75) is 32.0 Å². The van der Waals surface area contributed by atoms with Crippen molar-refractivity contribution >= 4 is 16.7 Å². The quantitative estimate of drug-likeness (QED) is 0.410. The van der Waals surface area contributed by atoms with Crippen molar-refractivity contribution in [2.75, 3.05) is 0 Å². The smallest absolute Gasteiger partial charge is 0.177 e. The number of nitriles is 1. The van der Waals surface area contributed by atoms with Crippen LogP contribution < -0.4 is 5.32 Å². The SMILES string of the molecule is CC1C=CC=CC1C1=C2C3=CCC(C)(F)c4c(F)ccc(c43)C2=C(c2ccccc2)C1NC#N. The van der Waals surface area contributed by atoms with Crippen LogP contribution in [0.2, 0.25) is 0 Å². The highest BCUT2D eigenvalue weighted by atomic mass is 19.1. The third-order valence-electron chi connectivity index (χ3n) is 7.64. The predicted molar refractivity (Wildman–Crippen MR) is 131 cm³/mol. The molecule has 0 aliphatic heterocycles. The van der Waals surface area contributed by atoms with Crippen molar-refractivity contribution in [3.8, 4) is 6.19 Å². The molecule has 0 amide bonds. The van der Waals surface area contributed by atoms with Crippen LogP contribution in [0.3, 0.4) is 0 Å². The Balaban J connectivity index is 1.72. The molecular weight excluding hydrogens is 426 g/mol. The number of nitrogens with zero attached hydrogens (tertiary/aromatic N) is 1. The highest BCUT2D eigenvalue weighted by Crippen LogP contribution is 2.61. The van der Waals surface area contributed by atoms with Gasteiger partial charge in [0.1, 0.15) is 11.5 Å². The van der Waals surface area contributed by atoms with E-state index in [4.69, 9.17) is 0 Å². The summed E-state index contributed by atoms with van der Waals surface area (Å²) in [6.45, 7) is 3.63. The topological polar surface area (TPSA) is 35.8 Å². The molecule has 0 aromatic heterocycles. The second kappa shape index (κ2) is 7.40. The molecule has 0 spiro atoms. The maximum absolute atomic E-state index is 15.6. The minimum atomic E-state index is -1.77. The van der Waals surface area contributed by atoms with E-state index < -0.39 is 11.5 Å². The predicted octanol–water partition coefficient (Wildman–Crippen LogP) is 6.85. The molecule has 0 saturated heterocycles. The molecule has 34 heavy (non-hydrogen) atoms. The third-order valence-corrected chi connectivity index (χ3v) is 7.64. The monoisotopic (exact) mass is 450 g/mol. The lowest BCUT2D eigenvalue weighted by Gasteiger charge is -2.31. The molecule has 2 aromatic rings. The molecular formula is C30H24F2N2. The minimum absolute atomic E-state index is 0.0595. The van der Waals surface area contributed by atoms with E-state index in [0.717, 1.165) is 39.0 Å². The van der Waals surface area contributed by atoms with Gasteiger partial charge in [0, 0.05) is 17.9 Å². The molecule has 6 rings (SSSR count). The highest BCUT2D eigenvalue weighted by molar-refractivity contribution is 6.20. The number of allylic oxidation sites excluding steroid dienone is 8. The molecule has 0 radical (unpaired) electrons. The van der Waals surface area contributed by atoms with Crippen LogP contribution in [0, 0.1) is 29.1 Å². The van der Waals surface area contributed by atoms with Crippen molar-refractivity contribution in [2.24, 2.45) is 11.8 Å². The van der Waals surface area contributed by atoms with E-state index in [1.807, 2.05) is 48.6 Å². The Kier molecular flexibility index (Phi) is 4.54. The van der Waals surface area contributed by atoms with Crippen molar-refractivity contribution in [1.29, 1.82) is 5.26 Å². The van der Waals surface area contributed by atoms with Crippen molar-refractivity contribution in [3.63, 3.8) is 0 Å². The minimum Gasteiger partial charge on any atom is -0.312 e. The van der Waals surface area contributed by atoms with Crippen LogP contribution in [0.15, 0.2) is 84.0 Å². The van der Waals surface area contributed by atoms with Crippen LogP contribution in [0.5, 0.6) is 0 Å². The first-order valence-electron chi connectivity index (χ1n) is 11.7. The van der Waals surface area contributed by atoms with Crippen LogP contribution in [-0.4, -0.2) is 6.04 Å². The first-order chi connectivity index (χ1) is 16.4. The fraction of sp³-hybridized carbons (Fsp3) is 0.233. The Hall–Kier alpha value is -3.71. The fourth-order valence-electron chi connectivity index (χ4n) is 6.20. The van der Waals surface area contributed by atoms with Crippen LogP contribution in [0.1, 0.15) is 42.5 Å². The Morgan fingerprint density at radius 3 is 2.56 bits per heavy atom. The molecule has 2 nitrogen and oxygen atoms in total. The second-order valence-electron chi connectivity index (χ2n) is 9.69. The second-order valence-corrected chi connectivity index (χ2v) is 9.69. The summed E-state index contributed by atoms with van der Waals surface area (Å²) in [5.74, 6) is -0.217. The summed E-state index contributed by atoms with van der Waals surface area (Å²) in [6, 6.07) is 12.9. The lowest BCUT2D eigenvalue weighted by atomic mass is 9.76. The zero-order valence-corrected chi connectivity index (χ0v) is 19.1. The van der Waals surface area contributed by atoms with E-state index in [0.29, 0.717) is 5.56 Å². The molecule has 2 aromatic carbocycles. The summed E-state index contributed by atoms with van der Waals surface area (Å²) < 4.78 is 30.7. The van der Waals surface area contributed by atoms with Crippen molar-refractivity contribution < 1.29 is 8.78 Å². The summed E-state index contributed by atoms with van der Waals surface area (Å²) in [5, 5.41) is 12.8. The van der Waals surface area contributed by atoms with E-state index in [2.05, 4.69) is 30.6 Å². The lowest BCUT2D eigenvalue weighted by Crippen LogP contribution is -2.32. The Morgan fingerprint density at radius 1 is 1.06 bits per heavy atom. The van der Waals surface area contributed by atoms with Gasteiger partial charge in [-0.2, -0.15) is 5.26 Å². The average Bonchev–Trinajstić information content (AvgIpc) is 3.31. The summed E-state index contributed by atoms with van der Waals surface area (Å²) in [4.78, 5) is 0. The maximum atomic E-state index is 15.6. The van der Waals surface area contributed by atoms with E-state index in [1.165, 1.54) is 13.0 Å². The summed E-state index contributed by atoms with van der Waals surface area (Å²) in [6.07, 6.45) is 12.7. The summed E-state index contributed by atoms with van der Waals surface area (Å²) >= 11 is 0. The van der Waals surface area contributed by atoms with Crippen molar-refractivity contribution in [1.82, 2.24) is 5.32 Å². The van der Waals surface area contributed by atoms with Gasteiger partial charge in [-0.1, -0.05) is 73.7 Å². The number of fused-ring (bicyclic) bond motifs is 3. The van der Waals surface area contributed by atoms with Gasteiger partial charge in [0.2, 0.25) is 0 Å². The molecule has 0 heterocycles. The first-order valence-corrected chi connectivity index (χ1v) is 11.7. The number of nitrogens with one attached hydrogen (secondary N) is 1. The highest BCUT2D eigenvalue weighted by Gasteiger charge is 2.48. The molecule has 1 N–H and O–H groups in total. The standard InChI is InChI=1S/C30H24F2N2/c1-17-8-6-7-11-19(17)27-26-21-14-15-30(2,32)28-22(31)13-12-20(24(21)28)25(26)23(29(27)34-16-33)18-9-4-3-5-10-18/h3-14,17,19,29,34H,15H2,1-2H3. The Labute approximate surface area is 198 Å². The molecule has 4 heteroatoms. The van der Waals surface area contributed by atoms with Gasteiger partial charge in [-0.25, -0.2) is 8.78 Å². The average molecular weight is 451 g/mol. The Bertz CT molecular complexity index is 1410. The van der Waals surface area contributed by atoms with Crippen LogP contribution in [-0.2, 0) is 5.67 Å². The van der Waals surface area contributed by atoms with E-state index in [9.17, 15) is 5.26 Å². The lowest BCUT2D eigenvalue weighted by molar-refractivity contribution is 0.187. The molecule has 0 saturated carbocycles. The first kappa shape index (κ1) is 20.9. The number of hydrogen-bond donors (Lipinski definition) is 1. The van der Waals surface area contributed by atoms with Crippen LogP contribution in [0.4, 0.5) is 8.78 Å². The molecule has 4 unspecified atom stereocenters. The summed E-state index contributed by atoms with van der Waals surface area (Å²) in [7, 11) is 0. The van der Waals surface area contributed by atoms with E-state index in [-0.39, 0.29) is 29.9 Å². The van der Waals surface area contributed by atoms with Gasteiger partial charge >= 0.3 is 0 Å². The van der Waals surface area contributed by atoms with Crippen LogP contribution in [0.25, 0.3) is 16.7 Å². The number of rotatable bonds is 3. The Morgan fingerprint density at radius 2 is 1.82 bits per heavy atom. The number of halogens is 2. The van der Waals surface area contributed by atoms with Crippen molar-refractivity contribution in [3.05, 3.63) is 112 Å². The van der Waals surface area contributed by atoms with Gasteiger partial charge in [-0.05, 0) is 63.5 Å². The van der Waals surface area contributed by atoms with Crippen LogP contribution >= 0.6 is 0 Å². The van der Waals surface area contributed by atoms with Gasteiger partial charge in [-0.3, -0.25) is 0 Å². The molecule has 4 aliphatic rings. The van der Waals surface area contributed by atoms with Gasteiger partial charge in [0.25, 0.3) is 0 Å². The van der Waals surface area contributed by atoms with Gasteiger partial charge < -0.3 is 5.32 Å². The molecule has 4 aliphatic carbocycles. The van der Waals surface area contributed by atoms with Gasteiger partial charge in [-0.15, -0.1) is 0 Å². The van der Waals surface area contributed by atoms with Gasteiger partial charge in [0.15, 0.2) is 6.19 Å². The number of alkyl halides is 1. The maximum Gasteiger partial charge on any atom is 0.177 e. The number of hydrogen-bond acceptors (Lipinski definition) is 2. The van der Waals surface area contributed by atoms with E-state index >= 15 is 8.78 Å². The molecule has 4 atom stereocenters. The normalized spacial score (nSPS) is 28.6.